The smallest absolute Gasteiger partial charge is 0.450 e. The van der Waals surface area contributed by atoms with Crippen LogP contribution >= 0.6 is 0 Å². The first-order valence-electron chi connectivity index (χ1n) is 3.44. The summed E-state index contributed by atoms with van der Waals surface area (Å²) in [6, 6.07) is 0. The predicted molar refractivity (Wildman–Crippen MR) is 42.1 cm³/mol. The van der Waals surface area contributed by atoms with Crippen molar-refractivity contribution < 1.29 is 29.0 Å². The molecule has 0 aromatic rings. The standard InChI is InChI=1S/C4H6O3.C3H6O3/c1-3(5)7-4(2)6;1-2-6-3(4)5/h1-2H3;2H2,1H3,(H,4,5). The largest absolute Gasteiger partial charge is 0.505 e. The lowest BCUT2D eigenvalue weighted by Gasteiger charge is -1.87. The Labute approximate surface area is 75.4 Å². The average molecular weight is 192 g/mol. The second-order valence-corrected chi connectivity index (χ2v) is 1.78. The highest BCUT2D eigenvalue weighted by Crippen LogP contribution is 1.73. The molecule has 0 radical (unpaired) electrons. The molecule has 0 aliphatic rings. The Morgan fingerprint density at radius 3 is 1.54 bits per heavy atom. The van der Waals surface area contributed by atoms with E-state index in [1.807, 2.05) is 0 Å². The van der Waals surface area contributed by atoms with E-state index in [-0.39, 0.29) is 6.61 Å². The van der Waals surface area contributed by atoms with Crippen molar-refractivity contribution in [2.75, 3.05) is 6.61 Å². The van der Waals surface area contributed by atoms with E-state index in [2.05, 4.69) is 9.47 Å². The van der Waals surface area contributed by atoms with Crippen LogP contribution in [-0.4, -0.2) is 29.8 Å². The first kappa shape index (κ1) is 14.0. The van der Waals surface area contributed by atoms with Gasteiger partial charge in [0.05, 0.1) is 6.61 Å². The Morgan fingerprint density at radius 2 is 1.54 bits per heavy atom. The molecular weight excluding hydrogens is 180 g/mol. The molecule has 0 aliphatic heterocycles. The van der Waals surface area contributed by atoms with Gasteiger partial charge in [-0.2, -0.15) is 0 Å². The zero-order valence-electron chi connectivity index (χ0n) is 7.70. The molecule has 0 rings (SSSR count). The third-order valence-corrected chi connectivity index (χ3v) is 0.555. The molecule has 6 nitrogen and oxygen atoms in total. The summed E-state index contributed by atoms with van der Waals surface area (Å²) in [6.45, 7) is 4.21. The van der Waals surface area contributed by atoms with Crippen LogP contribution in [0.1, 0.15) is 20.8 Å². The number of hydrogen-bond donors (Lipinski definition) is 1. The second-order valence-electron chi connectivity index (χ2n) is 1.78. The van der Waals surface area contributed by atoms with E-state index in [9.17, 15) is 14.4 Å². The van der Waals surface area contributed by atoms with Crippen molar-refractivity contribution in [1.29, 1.82) is 0 Å². The van der Waals surface area contributed by atoms with Crippen LogP contribution < -0.4 is 0 Å². The highest BCUT2D eigenvalue weighted by Gasteiger charge is 1.93. The molecule has 0 aromatic heterocycles. The number of esters is 2. The topological polar surface area (TPSA) is 89.9 Å². The summed E-state index contributed by atoms with van der Waals surface area (Å²) in [6.07, 6.45) is -1.21. The van der Waals surface area contributed by atoms with Gasteiger partial charge in [0, 0.05) is 13.8 Å². The first-order chi connectivity index (χ1) is 5.90. The molecule has 0 aromatic carbocycles. The molecule has 0 bridgehead atoms. The fourth-order valence-electron chi connectivity index (χ4n) is 0.326. The number of ether oxygens (including phenoxy) is 2. The maximum Gasteiger partial charge on any atom is 0.505 e. The van der Waals surface area contributed by atoms with Crippen molar-refractivity contribution in [2.24, 2.45) is 0 Å². The van der Waals surface area contributed by atoms with E-state index in [0.29, 0.717) is 0 Å². The number of hydrogen-bond acceptors (Lipinski definition) is 5. The molecule has 0 atom stereocenters. The van der Waals surface area contributed by atoms with Crippen LogP contribution in [0.2, 0.25) is 0 Å². The van der Waals surface area contributed by atoms with Gasteiger partial charge in [0.2, 0.25) is 0 Å². The fraction of sp³-hybridized carbons (Fsp3) is 0.571. The number of rotatable bonds is 1. The predicted octanol–water partition coefficient (Wildman–Crippen LogP) is 0.797. The quantitative estimate of drug-likeness (QED) is 0.488. The summed E-state index contributed by atoms with van der Waals surface area (Å²) in [5, 5.41) is 7.69. The minimum Gasteiger partial charge on any atom is -0.450 e. The normalized spacial score (nSPS) is 7.62. The Bertz CT molecular complexity index is 173. The van der Waals surface area contributed by atoms with E-state index in [0.717, 1.165) is 0 Å². The van der Waals surface area contributed by atoms with Crippen LogP contribution in [0.4, 0.5) is 4.79 Å². The Kier molecular flexibility index (Phi) is 9.14. The van der Waals surface area contributed by atoms with E-state index in [4.69, 9.17) is 5.11 Å². The van der Waals surface area contributed by atoms with E-state index >= 15 is 0 Å². The molecule has 0 spiro atoms. The van der Waals surface area contributed by atoms with Gasteiger partial charge < -0.3 is 14.6 Å². The third kappa shape index (κ3) is 25.2. The van der Waals surface area contributed by atoms with Crippen molar-refractivity contribution in [2.45, 2.75) is 20.8 Å². The summed E-state index contributed by atoms with van der Waals surface area (Å²) in [4.78, 5) is 29.0. The van der Waals surface area contributed by atoms with Crippen LogP contribution in [0.3, 0.4) is 0 Å². The summed E-state index contributed by atoms with van der Waals surface area (Å²) in [5.41, 5.74) is 0. The lowest BCUT2D eigenvalue weighted by Crippen LogP contribution is -2.03. The van der Waals surface area contributed by atoms with Crippen LogP contribution in [0.25, 0.3) is 0 Å². The molecule has 6 heteroatoms. The summed E-state index contributed by atoms with van der Waals surface area (Å²) < 4.78 is 7.93. The lowest BCUT2D eigenvalue weighted by atomic mass is 10.7. The number of carboxylic acid groups (broad SMARTS) is 1. The summed E-state index contributed by atoms with van der Waals surface area (Å²) in [7, 11) is 0. The lowest BCUT2D eigenvalue weighted by molar-refractivity contribution is -0.156. The summed E-state index contributed by atoms with van der Waals surface area (Å²) >= 11 is 0. The Hall–Kier alpha value is -1.59. The number of carbonyl (C=O) groups excluding carboxylic acids is 2. The Balaban J connectivity index is 0. The monoisotopic (exact) mass is 192 g/mol. The van der Waals surface area contributed by atoms with E-state index in [1.165, 1.54) is 13.8 Å². The minimum atomic E-state index is -1.21. The van der Waals surface area contributed by atoms with Gasteiger partial charge in [-0.25, -0.2) is 4.79 Å². The van der Waals surface area contributed by atoms with Crippen molar-refractivity contribution in [1.82, 2.24) is 0 Å². The van der Waals surface area contributed by atoms with Crippen molar-refractivity contribution in [3.63, 3.8) is 0 Å². The van der Waals surface area contributed by atoms with Gasteiger partial charge in [-0.15, -0.1) is 0 Å². The van der Waals surface area contributed by atoms with Gasteiger partial charge in [0.15, 0.2) is 0 Å². The van der Waals surface area contributed by atoms with Crippen LogP contribution in [0.5, 0.6) is 0 Å². The zero-order chi connectivity index (χ0) is 10.9. The molecule has 0 amide bonds. The van der Waals surface area contributed by atoms with Gasteiger partial charge in [-0.05, 0) is 6.92 Å². The molecule has 1 N–H and O–H groups in total. The van der Waals surface area contributed by atoms with Crippen LogP contribution in [-0.2, 0) is 19.1 Å². The van der Waals surface area contributed by atoms with Crippen LogP contribution in [0.15, 0.2) is 0 Å². The van der Waals surface area contributed by atoms with Crippen molar-refractivity contribution in [3.8, 4) is 0 Å². The van der Waals surface area contributed by atoms with Gasteiger partial charge >= 0.3 is 18.1 Å². The number of carbonyl (C=O) groups is 3. The molecule has 0 saturated heterocycles. The minimum absolute atomic E-state index is 0.231. The molecule has 0 heterocycles. The van der Waals surface area contributed by atoms with Gasteiger partial charge in [-0.3, -0.25) is 9.59 Å². The van der Waals surface area contributed by atoms with E-state index in [1.54, 1.807) is 6.92 Å². The molecule has 76 valence electrons. The van der Waals surface area contributed by atoms with Crippen molar-refractivity contribution >= 4 is 18.1 Å². The molecule has 0 fully saturated rings. The second kappa shape index (κ2) is 8.51. The third-order valence-electron chi connectivity index (χ3n) is 0.555. The molecule has 0 saturated carbocycles. The average Bonchev–Trinajstić information content (AvgIpc) is 1.83. The van der Waals surface area contributed by atoms with Gasteiger partial charge in [0.25, 0.3) is 0 Å². The highest BCUT2D eigenvalue weighted by atomic mass is 16.7. The van der Waals surface area contributed by atoms with E-state index < -0.39 is 18.1 Å². The first-order valence-corrected chi connectivity index (χ1v) is 3.44. The Morgan fingerprint density at radius 1 is 1.15 bits per heavy atom. The molecule has 0 aliphatic carbocycles. The highest BCUT2D eigenvalue weighted by molar-refractivity contribution is 5.82. The molecule has 13 heavy (non-hydrogen) atoms. The molecule has 0 unspecified atom stereocenters. The zero-order valence-corrected chi connectivity index (χ0v) is 7.70. The van der Waals surface area contributed by atoms with Gasteiger partial charge in [0.1, 0.15) is 0 Å². The molecular formula is C7H12O6. The van der Waals surface area contributed by atoms with Crippen molar-refractivity contribution in [3.05, 3.63) is 0 Å². The maximum absolute atomic E-state index is 9.81. The maximum atomic E-state index is 9.81. The van der Waals surface area contributed by atoms with Crippen LogP contribution in [0, 0.1) is 0 Å². The summed E-state index contributed by atoms with van der Waals surface area (Å²) in [5.74, 6) is -1.12. The SMILES string of the molecule is CC(=O)OC(C)=O.CCOC(=O)O. The van der Waals surface area contributed by atoms with Gasteiger partial charge in [-0.1, -0.05) is 0 Å². The fourth-order valence-corrected chi connectivity index (χ4v) is 0.326.